The first kappa shape index (κ1) is 26.0. The normalized spacial score (nSPS) is 11.1. The number of nitrogens with two attached hydrogens (primary N) is 1. The average molecular weight is 479 g/mol. The summed E-state index contributed by atoms with van der Waals surface area (Å²) in [7, 11) is 4.87. The molecule has 0 radical (unpaired) electrons. The molecule has 1 aromatic heterocycles. The zero-order valence-corrected chi connectivity index (χ0v) is 20.9. The number of fused-ring (bicyclic) bond motifs is 1. The van der Waals surface area contributed by atoms with E-state index in [1.165, 1.54) is 10.9 Å². The average Bonchev–Trinajstić information content (AvgIpc) is 2.90. The van der Waals surface area contributed by atoms with Crippen molar-refractivity contribution in [1.29, 1.82) is 0 Å². The minimum absolute atomic E-state index is 0.0701. The highest BCUT2D eigenvalue weighted by Crippen LogP contribution is 2.35. The van der Waals surface area contributed by atoms with Crippen molar-refractivity contribution in [3.8, 4) is 17.2 Å². The second kappa shape index (κ2) is 13.3. The largest absolute Gasteiger partial charge is 0.496 e. The zero-order chi connectivity index (χ0) is 25.0. The summed E-state index contributed by atoms with van der Waals surface area (Å²) in [4.78, 5) is 11.8. The van der Waals surface area contributed by atoms with Crippen molar-refractivity contribution in [2.75, 3.05) is 34.4 Å². The van der Waals surface area contributed by atoms with Crippen molar-refractivity contribution >= 4 is 29.0 Å². The SMILES string of the molecule is COc1cc(OC)c(OC)cc1/C=C/c1ccc2ccccc2[n+]1CCCCCC(=O)NCCN. The fourth-order valence-corrected chi connectivity index (χ4v) is 4.06. The molecule has 1 heterocycles. The number of methoxy groups -OCH3 is 3. The van der Waals surface area contributed by atoms with Gasteiger partial charge in [-0.05, 0) is 37.1 Å². The van der Waals surface area contributed by atoms with Gasteiger partial charge in [0.25, 0.3) is 0 Å². The molecule has 7 nitrogen and oxygen atoms in total. The number of amides is 1. The van der Waals surface area contributed by atoms with Crippen molar-refractivity contribution in [2.24, 2.45) is 5.73 Å². The molecule has 7 heteroatoms. The number of pyridine rings is 1. The number of nitrogens with zero attached hydrogens (tertiary/aromatic N) is 1. The third kappa shape index (κ3) is 6.96. The topological polar surface area (TPSA) is 86.7 Å². The Kier molecular flexibility index (Phi) is 9.93. The number of aromatic nitrogens is 1. The van der Waals surface area contributed by atoms with E-state index in [1.807, 2.05) is 18.2 Å². The molecule has 0 aliphatic carbocycles. The third-order valence-corrected chi connectivity index (χ3v) is 5.89. The first-order valence-electron chi connectivity index (χ1n) is 12.0. The molecule has 0 saturated carbocycles. The lowest BCUT2D eigenvalue weighted by molar-refractivity contribution is -0.673. The number of hydrogen-bond donors (Lipinski definition) is 2. The summed E-state index contributed by atoms with van der Waals surface area (Å²) in [5.41, 5.74) is 8.60. The van der Waals surface area contributed by atoms with Crippen LogP contribution in [-0.2, 0) is 11.3 Å². The standard InChI is InChI=1S/C28H35N3O4/c1-33-25-20-27(35-3)26(34-2)19-22(25)13-15-23-14-12-21-9-6-7-10-24(21)31(23)18-8-4-5-11-28(32)30-17-16-29/h6-7,9-10,12-15,19-20H,4-5,8,11,16-18,29H2,1-3H3/p+1/b15-13+. The van der Waals surface area contributed by atoms with Gasteiger partial charge in [0, 0.05) is 61.2 Å². The highest BCUT2D eigenvalue weighted by Gasteiger charge is 2.15. The Labute approximate surface area is 207 Å². The summed E-state index contributed by atoms with van der Waals surface area (Å²) in [6.07, 6.45) is 7.46. The van der Waals surface area contributed by atoms with Gasteiger partial charge in [0.2, 0.25) is 17.1 Å². The molecule has 0 saturated heterocycles. The summed E-state index contributed by atoms with van der Waals surface area (Å²) in [5.74, 6) is 2.05. The van der Waals surface area contributed by atoms with Gasteiger partial charge in [-0.2, -0.15) is 4.57 Å². The number of para-hydroxylation sites is 1. The highest BCUT2D eigenvalue weighted by molar-refractivity contribution is 5.78. The first-order chi connectivity index (χ1) is 17.1. The molecule has 3 N–H and O–H groups in total. The summed E-state index contributed by atoms with van der Waals surface area (Å²) < 4.78 is 18.8. The van der Waals surface area contributed by atoms with Crippen LogP contribution in [-0.4, -0.2) is 40.3 Å². The number of carbonyl (C=O) groups excluding carboxylic acids is 1. The van der Waals surface area contributed by atoms with Gasteiger partial charge in [-0.1, -0.05) is 12.1 Å². The number of benzene rings is 2. The maximum Gasteiger partial charge on any atom is 0.220 e. The van der Waals surface area contributed by atoms with Crippen LogP contribution in [0.15, 0.2) is 48.5 Å². The molecular formula is C28H36N3O4+. The molecule has 186 valence electrons. The predicted octanol–water partition coefficient (Wildman–Crippen LogP) is 3.96. The van der Waals surface area contributed by atoms with E-state index in [-0.39, 0.29) is 5.91 Å². The monoisotopic (exact) mass is 478 g/mol. The minimum atomic E-state index is 0.0701. The van der Waals surface area contributed by atoms with Crippen molar-refractivity contribution < 1.29 is 23.6 Å². The van der Waals surface area contributed by atoms with Crippen molar-refractivity contribution in [3.05, 3.63) is 59.8 Å². The third-order valence-electron chi connectivity index (χ3n) is 5.89. The number of aryl methyl sites for hydroxylation is 1. The second-order valence-corrected chi connectivity index (χ2v) is 8.20. The molecule has 3 rings (SSSR count). The predicted molar refractivity (Wildman–Crippen MR) is 140 cm³/mol. The van der Waals surface area contributed by atoms with E-state index in [0.29, 0.717) is 36.8 Å². The number of ether oxygens (including phenoxy) is 3. The van der Waals surface area contributed by atoms with E-state index < -0.39 is 0 Å². The van der Waals surface area contributed by atoms with Crippen molar-refractivity contribution in [3.63, 3.8) is 0 Å². The van der Waals surface area contributed by atoms with Gasteiger partial charge in [-0.25, -0.2) is 0 Å². The summed E-state index contributed by atoms with van der Waals surface area (Å²) in [6.45, 7) is 1.86. The van der Waals surface area contributed by atoms with E-state index >= 15 is 0 Å². The molecule has 0 fully saturated rings. The van der Waals surface area contributed by atoms with Gasteiger partial charge in [0.1, 0.15) is 12.3 Å². The molecule has 0 unspecified atom stereocenters. The lowest BCUT2D eigenvalue weighted by atomic mass is 10.1. The van der Waals surface area contributed by atoms with Gasteiger partial charge in [0.15, 0.2) is 11.5 Å². The van der Waals surface area contributed by atoms with E-state index in [1.54, 1.807) is 21.3 Å². The van der Waals surface area contributed by atoms with Crippen LogP contribution in [0.2, 0.25) is 0 Å². The number of hydrogen-bond acceptors (Lipinski definition) is 5. The molecule has 3 aromatic rings. The Bertz CT molecular complexity index is 1160. The molecule has 1 amide bonds. The lowest BCUT2D eigenvalue weighted by Gasteiger charge is -2.12. The van der Waals surface area contributed by atoms with Gasteiger partial charge in [-0.3, -0.25) is 4.79 Å². The maximum atomic E-state index is 11.8. The van der Waals surface area contributed by atoms with Gasteiger partial charge < -0.3 is 25.3 Å². The molecule has 35 heavy (non-hydrogen) atoms. The Morgan fingerprint density at radius 3 is 2.40 bits per heavy atom. The first-order valence-corrected chi connectivity index (χ1v) is 12.0. The van der Waals surface area contributed by atoms with Crippen molar-refractivity contribution in [1.82, 2.24) is 5.32 Å². The van der Waals surface area contributed by atoms with E-state index in [4.69, 9.17) is 19.9 Å². The highest BCUT2D eigenvalue weighted by atomic mass is 16.5. The van der Waals surface area contributed by atoms with Crippen LogP contribution in [0.4, 0.5) is 0 Å². The Balaban J connectivity index is 1.81. The molecule has 0 aliphatic heterocycles. The Hall–Kier alpha value is -3.58. The zero-order valence-electron chi connectivity index (χ0n) is 20.9. The van der Waals surface area contributed by atoms with Crippen LogP contribution in [0.1, 0.15) is 36.9 Å². The Morgan fingerprint density at radius 2 is 1.66 bits per heavy atom. The van der Waals surface area contributed by atoms with Crippen LogP contribution >= 0.6 is 0 Å². The summed E-state index contributed by atoms with van der Waals surface area (Å²) in [5, 5.41) is 4.02. The minimum Gasteiger partial charge on any atom is -0.496 e. The van der Waals surface area contributed by atoms with E-state index in [9.17, 15) is 4.79 Å². The lowest BCUT2D eigenvalue weighted by Crippen LogP contribution is -2.38. The summed E-state index contributed by atoms with van der Waals surface area (Å²) >= 11 is 0. The quantitative estimate of drug-likeness (QED) is 0.287. The van der Waals surface area contributed by atoms with Gasteiger partial charge >= 0.3 is 0 Å². The molecule has 0 atom stereocenters. The summed E-state index contributed by atoms with van der Waals surface area (Å²) in [6, 6.07) is 16.4. The van der Waals surface area contributed by atoms with Crippen molar-refractivity contribution in [2.45, 2.75) is 32.2 Å². The maximum absolute atomic E-state index is 11.8. The van der Waals surface area contributed by atoms with Gasteiger partial charge in [-0.15, -0.1) is 0 Å². The fraction of sp³-hybridized carbons (Fsp3) is 0.357. The number of carbonyl (C=O) groups is 1. The van der Waals surface area contributed by atoms with Gasteiger partial charge in [0.05, 0.1) is 21.3 Å². The number of rotatable bonds is 13. The van der Waals surface area contributed by atoms with Crippen LogP contribution in [0.3, 0.4) is 0 Å². The second-order valence-electron chi connectivity index (χ2n) is 8.20. The Morgan fingerprint density at radius 1 is 0.914 bits per heavy atom. The van der Waals surface area contributed by atoms with Crippen LogP contribution in [0.5, 0.6) is 17.2 Å². The van der Waals surface area contributed by atoms with Crippen LogP contribution in [0.25, 0.3) is 23.1 Å². The molecule has 2 aromatic carbocycles. The van der Waals surface area contributed by atoms with E-state index in [0.717, 1.165) is 37.1 Å². The molecule has 0 spiro atoms. The van der Waals surface area contributed by atoms with Crippen LogP contribution < -0.4 is 29.8 Å². The fourth-order valence-electron chi connectivity index (χ4n) is 4.06. The van der Waals surface area contributed by atoms with Crippen LogP contribution in [0, 0.1) is 0 Å². The van der Waals surface area contributed by atoms with E-state index in [2.05, 4.69) is 52.4 Å². The number of unbranched alkanes of at least 4 members (excludes halogenated alkanes) is 2. The molecule has 0 bridgehead atoms. The molecule has 0 aliphatic rings. The number of nitrogens with one attached hydrogen (secondary N) is 1. The smallest absolute Gasteiger partial charge is 0.220 e. The molecular weight excluding hydrogens is 442 g/mol.